The summed E-state index contributed by atoms with van der Waals surface area (Å²) in [5.74, 6) is 0.453. The molecule has 0 saturated carbocycles. The predicted molar refractivity (Wildman–Crippen MR) is 71.6 cm³/mol. The fraction of sp³-hybridized carbons (Fsp3) is 0.500. The minimum Gasteiger partial charge on any atom is -0.495 e. The lowest BCUT2D eigenvalue weighted by Gasteiger charge is -2.23. The smallest absolute Gasteiger partial charge is 0.241 e. The van der Waals surface area contributed by atoms with Crippen molar-refractivity contribution >= 4 is 15.7 Å². The largest absolute Gasteiger partial charge is 0.495 e. The quantitative estimate of drug-likeness (QED) is 0.796. The van der Waals surface area contributed by atoms with E-state index >= 15 is 0 Å². The van der Waals surface area contributed by atoms with Crippen molar-refractivity contribution in [2.45, 2.75) is 23.8 Å². The fourth-order valence-corrected chi connectivity index (χ4v) is 3.47. The first-order valence-corrected chi connectivity index (χ1v) is 7.40. The van der Waals surface area contributed by atoms with Crippen LogP contribution in [0.5, 0.6) is 5.75 Å². The molecule has 1 atom stereocenters. The molecule has 0 aliphatic carbocycles. The van der Waals surface area contributed by atoms with Gasteiger partial charge in [0, 0.05) is 6.61 Å². The molecule has 1 heterocycles. The second-order valence-electron chi connectivity index (χ2n) is 4.87. The lowest BCUT2D eigenvalue weighted by atomic mass is 10.0. The summed E-state index contributed by atoms with van der Waals surface area (Å²) in [5, 5.41) is 0. The molecule has 0 amide bonds. The highest BCUT2D eigenvalue weighted by atomic mass is 32.2. The molecule has 0 bridgehead atoms. The highest BCUT2D eigenvalue weighted by Crippen LogP contribution is 2.26. The average molecular weight is 286 g/mol. The van der Waals surface area contributed by atoms with Gasteiger partial charge in [0.2, 0.25) is 10.0 Å². The summed E-state index contributed by atoms with van der Waals surface area (Å²) in [6.45, 7) is 2.76. The normalized spacial score (nSPS) is 23.5. The van der Waals surface area contributed by atoms with Gasteiger partial charge < -0.3 is 15.2 Å². The van der Waals surface area contributed by atoms with E-state index in [9.17, 15) is 8.42 Å². The van der Waals surface area contributed by atoms with Crippen molar-refractivity contribution in [2.24, 2.45) is 0 Å². The van der Waals surface area contributed by atoms with E-state index in [1.165, 1.54) is 25.3 Å². The molecule has 1 fully saturated rings. The van der Waals surface area contributed by atoms with E-state index in [4.69, 9.17) is 15.2 Å². The molecule has 1 saturated heterocycles. The Bertz CT molecular complexity index is 565. The van der Waals surface area contributed by atoms with Crippen LogP contribution in [-0.4, -0.2) is 34.3 Å². The van der Waals surface area contributed by atoms with Gasteiger partial charge in [0.15, 0.2) is 0 Å². The lowest BCUT2D eigenvalue weighted by Crippen LogP contribution is -2.46. The van der Waals surface area contributed by atoms with Crippen LogP contribution < -0.4 is 15.2 Å². The summed E-state index contributed by atoms with van der Waals surface area (Å²) in [7, 11) is -2.13. The predicted octanol–water partition coefficient (Wildman–Crippen LogP) is 0.735. The number of rotatable bonds is 4. The van der Waals surface area contributed by atoms with Crippen LogP contribution in [0.4, 0.5) is 5.69 Å². The van der Waals surface area contributed by atoms with Gasteiger partial charge >= 0.3 is 0 Å². The Morgan fingerprint density at radius 3 is 2.74 bits per heavy atom. The van der Waals surface area contributed by atoms with Crippen molar-refractivity contribution in [3.8, 4) is 5.75 Å². The number of hydrogen-bond donors (Lipinski definition) is 2. The van der Waals surface area contributed by atoms with E-state index in [1.54, 1.807) is 0 Å². The van der Waals surface area contributed by atoms with Gasteiger partial charge in [-0.25, -0.2) is 13.1 Å². The van der Waals surface area contributed by atoms with Gasteiger partial charge in [-0.15, -0.1) is 0 Å². The Labute approximate surface area is 112 Å². The first-order valence-electron chi connectivity index (χ1n) is 5.92. The van der Waals surface area contributed by atoms with Crippen LogP contribution in [-0.2, 0) is 14.8 Å². The van der Waals surface area contributed by atoms with Crippen molar-refractivity contribution in [1.82, 2.24) is 4.72 Å². The number of nitrogen functional groups attached to an aromatic ring is 1. The Kier molecular flexibility index (Phi) is 3.71. The van der Waals surface area contributed by atoms with Crippen molar-refractivity contribution in [2.75, 3.05) is 26.1 Å². The van der Waals surface area contributed by atoms with Crippen LogP contribution in [0.3, 0.4) is 0 Å². The van der Waals surface area contributed by atoms with Crippen LogP contribution in [0.2, 0.25) is 0 Å². The Morgan fingerprint density at radius 2 is 2.21 bits per heavy atom. The molecular weight excluding hydrogens is 268 g/mol. The van der Waals surface area contributed by atoms with Crippen LogP contribution in [0.1, 0.15) is 13.3 Å². The molecular formula is C12H18N2O4S. The van der Waals surface area contributed by atoms with Gasteiger partial charge in [0.05, 0.1) is 29.8 Å². The third kappa shape index (κ3) is 2.99. The van der Waals surface area contributed by atoms with E-state index in [-0.39, 0.29) is 4.90 Å². The minimum absolute atomic E-state index is 0.124. The van der Waals surface area contributed by atoms with E-state index in [0.717, 1.165) is 0 Å². The summed E-state index contributed by atoms with van der Waals surface area (Å²) >= 11 is 0. The second-order valence-corrected chi connectivity index (χ2v) is 6.55. The topological polar surface area (TPSA) is 90.7 Å². The number of sulfonamides is 1. The third-order valence-electron chi connectivity index (χ3n) is 3.11. The van der Waals surface area contributed by atoms with Gasteiger partial charge in [-0.3, -0.25) is 0 Å². The number of nitrogens with one attached hydrogen (secondary N) is 1. The number of nitrogens with two attached hydrogens (primary N) is 1. The maximum atomic E-state index is 12.3. The maximum Gasteiger partial charge on any atom is 0.241 e. The first-order chi connectivity index (χ1) is 8.86. The molecule has 1 aliphatic heterocycles. The first kappa shape index (κ1) is 14.1. The zero-order chi connectivity index (χ0) is 14.1. The van der Waals surface area contributed by atoms with Crippen LogP contribution in [0.15, 0.2) is 23.1 Å². The SMILES string of the molecule is COc1ccc(S(=O)(=O)NC2(C)CCOC2)cc1N. The van der Waals surface area contributed by atoms with Crippen LogP contribution >= 0.6 is 0 Å². The molecule has 0 spiro atoms. The highest BCUT2D eigenvalue weighted by molar-refractivity contribution is 7.89. The second kappa shape index (κ2) is 4.99. The molecule has 1 aromatic carbocycles. The standard InChI is InChI=1S/C12H18N2O4S/c1-12(5-6-18-8-12)14-19(15,16)9-3-4-11(17-2)10(13)7-9/h3-4,7,14H,5-6,8,13H2,1-2H3. The number of ether oxygens (including phenoxy) is 2. The Balaban J connectivity index is 2.27. The third-order valence-corrected chi connectivity index (χ3v) is 4.75. The zero-order valence-corrected chi connectivity index (χ0v) is 11.8. The highest BCUT2D eigenvalue weighted by Gasteiger charge is 2.34. The Morgan fingerprint density at radius 1 is 1.47 bits per heavy atom. The Hall–Kier alpha value is -1.31. The van der Waals surface area contributed by atoms with E-state index in [2.05, 4.69) is 4.72 Å². The van der Waals surface area contributed by atoms with E-state index in [0.29, 0.717) is 31.1 Å². The van der Waals surface area contributed by atoms with Gasteiger partial charge in [-0.2, -0.15) is 0 Å². The fourth-order valence-electron chi connectivity index (χ4n) is 2.01. The van der Waals surface area contributed by atoms with Crippen molar-refractivity contribution in [3.05, 3.63) is 18.2 Å². The van der Waals surface area contributed by atoms with E-state index < -0.39 is 15.6 Å². The van der Waals surface area contributed by atoms with Crippen molar-refractivity contribution < 1.29 is 17.9 Å². The number of anilines is 1. The molecule has 3 N–H and O–H groups in total. The summed E-state index contributed by atoms with van der Waals surface area (Å²) in [5.41, 5.74) is 5.46. The molecule has 0 aromatic heterocycles. The average Bonchev–Trinajstić information content (AvgIpc) is 2.74. The zero-order valence-electron chi connectivity index (χ0n) is 11.0. The molecule has 2 rings (SSSR count). The molecule has 1 aromatic rings. The number of hydrogen-bond acceptors (Lipinski definition) is 5. The molecule has 106 valence electrons. The summed E-state index contributed by atoms with van der Waals surface area (Å²) in [4.78, 5) is 0.124. The molecule has 6 nitrogen and oxygen atoms in total. The lowest BCUT2D eigenvalue weighted by molar-refractivity contribution is 0.178. The monoisotopic (exact) mass is 286 g/mol. The summed E-state index contributed by atoms with van der Waals surface area (Å²) in [6.07, 6.45) is 0.651. The molecule has 1 unspecified atom stereocenters. The molecule has 1 aliphatic rings. The molecule has 7 heteroatoms. The van der Waals surface area contributed by atoms with Crippen LogP contribution in [0.25, 0.3) is 0 Å². The van der Waals surface area contributed by atoms with Gasteiger partial charge in [0.1, 0.15) is 5.75 Å². The summed E-state index contributed by atoms with van der Waals surface area (Å²) in [6, 6.07) is 4.40. The van der Waals surface area contributed by atoms with Gasteiger partial charge in [-0.1, -0.05) is 0 Å². The number of benzene rings is 1. The maximum absolute atomic E-state index is 12.3. The molecule has 19 heavy (non-hydrogen) atoms. The van der Waals surface area contributed by atoms with Gasteiger partial charge in [0.25, 0.3) is 0 Å². The molecule has 0 radical (unpaired) electrons. The van der Waals surface area contributed by atoms with Gasteiger partial charge in [-0.05, 0) is 31.5 Å². The summed E-state index contributed by atoms with van der Waals surface area (Å²) < 4.78 is 37.5. The van der Waals surface area contributed by atoms with E-state index in [1.807, 2.05) is 6.92 Å². The van der Waals surface area contributed by atoms with Crippen molar-refractivity contribution in [1.29, 1.82) is 0 Å². The number of methoxy groups -OCH3 is 1. The van der Waals surface area contributed by atoms with Crippen molar-refractivity contribution in [3.63, 3.8) is 0 Å². The van der Waals surface area contributed by atoms with Crippen LogP contribution in [0, 0.1) is 0 Å². The minimum atomic E-state index is -3.62.